The average molecular weight is 563 g/mol. The van der Waals surface area contributed by atoms with Gasteiger partial charge in [-0.3, -0.25) is 9.98 Å². The highest BCUT2D eigenvalue weighted by Gasteiger charge is 2.36. The van der Waals surface area contributed by atoms with E-state index in [2.05, 4.69) is 41.4 Å². The highest BCUT2D eigenvalue weighted by Crippen LogP contribution is 2.34. The number of aliphatic hydroxyl groups excluding tert-OH is 1. The normalized spacial score (nSPS) is 16.9. The van der Waals surface area contributed by atoms with Crippen LogP contribution in [0.4, 0.5) is 21.5 Å². The highest BCUT2D eigenvalue weighted by molar-refractivity contribution is 8.16. The zero-order chi connectivity index (χ0) is 27.1. The van der Waals surface area contributed by atoms with Gasteiger partial charge in [0, 0.05) is 41.3 Å². The molecule has 37 heavy (non-hydrogen) atoms. The van der Waals surface area contributed by atoms with Crippen LogP contribution in [0.3, 0.4) is 0 Å². The van der Waals surface area contributed by atoms with E-state index in [1.54, 1.807) is 35.7 Å². The number of aliphatic hydroxyl groups is 1. The molecule has 0 aromatic heterocycles. The molecule has 2 aromatic carbocycles. The summed E-state index contributed by atoms with van der Waals surface area (Å²) in [7, 11) is 1.00. The van der Waals surface area contributed by atoms with Gasteiger partial charge in [0.25, 0.3) is 0 Å². The van der Waals surface area contributed by atoms with Crippen molar-refractivity contribution >= 4 is 70.4 Å². The van der Waals surface area contributed by atoms with E-state index in [4.69, 9.17) is 10.1 Å². The molecule has 2 aromatic rings. The minimum atomic E-state index is -0.803. The molecule has 0 bridgehead atoms. The molecule has 0 saturated heterocycles. The Morgan fingerprint density at radius 3 is 2.81 bits per heavy atom. The van der Waals surface area contributed by atoms with Gasteiger partial charge in [-0.2, -0.15) is 0 Å². The molecule has 6 nitrogen and oxygen atoms in total. The summed E-state index contributed by atoms with van der Waals surface area (Å²) in [6.45, 7) is 7.77. The SMILES string of the molecule is C=Nc1cc(SCCC)ccc1NCSCC1=NC(C=O)(C/C(=C/C)Nc2cccc(F)c2)CS1.CO. The third-order valence-corrected chi connectivity index (χ3v) is 8.65. The molecule has 1 aliphatic heterocycles. The van der Waals surface area contributed by atoms with Gasteiger partial charge >= 0.3 is 0 Å². The van der Waals surface area contributed by atoms with Crippen LogP contribution in [0.25, 0.3) is 0 Å². The van der Waals surface area contributed by atoms with Crippen molar-refractivity contribution in [2.24, 2.45) is 9.98 Å². The molecular formula is C27H35FN4O2S3. The maximum Gasteiger partial charge on any atom is 0.148 e. The predicted octanol–water partition coefficient (Wildman–Crippen LogP) is 6.86. The third-order valence-electron chi connectivity index (χ3n) is 5.23. The lowest BCUT2D eigenvalue weighted by molar-refractivity contribution is -0.111. The van der Waals surface area contributed by atoms with Crippen LogP contribution in [0.1, 0.15) is 26.7 Å². The van der Waals surface area contributed by atoms with Crippen molar-refractivity contribution in [2.75, 3.05) is 40.9 Å². The Morgan fingerprint density at radius 2 is 2.14 bits per heavy atom. The number of hydrogen-bond acceptors (Lipinski definition) is 9. The molecule has 1 aliphatic rings. The maximum absolute atomic E-state index is 13.5. The van der Waals surface area contributed by atoms with Gasteiger partial charge in [0.2, 0.25) is 0 Å². The van der Waals surface area contributed by atoms with E-state index in [0.717, 1.165) is 53.4 Å². The van der Waals surface area contributed by atoms with Gasteiger partial charge in [-0.25, -0.2) is 4.39 Å². The summed E-state index contributed by atoms with van der Waals surface area (Å²) >= 11 is 5.15. The molecule has 0 spiro atoms. The Morgan fingerprint density at radius 1 is 1.32 bits per heavy atom. The number of halogens is 1. The van der Waals surface area contributed by atoms with Crippen LogP contribution in [0, 0.1) is 5.82 Å². The Balaban J connectivity index is 0.00000235. The molecule has 0 radical (unpaired) electrons. The first-order chi connectivity index (χ1) is 18.0. The summed E-state index contributed by atoms with van der Waals surface area (Å²) in [5, 5.41) is 14.6. The number of carbonyl (C=O) groups is 1. The second kappa shape index (κ2) is 16.5. The van der Waals surface area contributed by atoms with Gasteiger partial charge in [0.1, 0.15) is 17.6 Å². The summed E-state index contributed by atoms with van der Waals surface area (Å²) in [5.74, 6) is 2.79. The number of carbonyl (C=O) groups excluding carboxylic acids is 1. The van der Waals surface area contributed by atoms with Crippen molar-refractivity contribution in [1.29, 1.82) is 0 Å². The second-order valence-electron chi connectivity index (χ2n) is 8.00. The Bertz CT molecular complexity index is 1100. The van der Waals surface area contributed by atoms with Crippen LogP contribution < -0.4 is 10.6 Å². The van der Waals surface area contributed by atoms with E-state index in [-0.39, 0.29) is 5.82 Å². The van der Waals surface area contributed by atoms with E-state index in [1.807, 2.05) is 30.8 Å². The van der Waals surface area contributed by atoms with E-state index in [1.165, 1.54) is 17.0 Å². The van der Waals surface area contributed by atoms with E-state index in [0.29, 0.717) is 23.7 Å². The van der Waals surface area contributed by atoms with Crippen molar-refractivity contribution in [3.63, 3.8) is 0 Å². The average Bonchev–Trinajstić information content (AvgIpc) is 3.34. The number of nitrogens with zero attached hydrogens (tertiary/aromatic N) is 2. The van der Waals surface area contributed by atoms with E-state index >= 15 is 0 Å². The first-order valence-corrected chi connectivity index (χ1v) is 15.0. The minimum absolute atomic E-state index is 0.305. The van der Waals surface area contributed by atoms with Crippen LogP contribution in [-0.2, 0) is 4.79 Å². The van der Waals surface area contributed by atoms with Gasteiger partial charge in [-0.15, -0.1) is 35.3 Å². The van der Waals surface area contributed by atoms with Gasteiger partial charge in [-0.05, 0) is 62.2 Å². The number of aldehydes is 1. The first-order valence-electron chi connectivity index (χ1n) is 11.9. The summed E-state index contributed by atoms with van der Waals surface area (Å²) in [4.78, 5) is 22.2. The lowest BCUT2D eigenvalue weighted by Gasteiger charge is -2.21. The monoisotopic (exact) mass is 562 g/mol. The van der Waals surface area contributed by atoms with E-state index in [9.17, 15) is 9.18 Å². The Hall–Kier alpha value is -2.27. The highest BCUT2D eigenvalue weighted by atomic mass is 32.2. The fourth-order valence-corrected chi connectivity index (χ4v) is 6.33. The van der Waals surface area contributed by atoms with Crippen LogP contribution in [0.2, 0.25) is 0 Å². The molecule has 10 heteroatoms. The standard InChI is InChI=1S/C26H31FN4OS3.CH4O/c1-4-11-34-22-9-10-23(24(13-22)28-3)29-18-33-15-25-31-26(16-32,17-35-25)14-20(5-2)30-21-8-6-7-19(27)12-21;1-2/h5-10,12-13,16,29-30H,3-4,11,14-15,17-18H2,1-2H3;2H,1H3/b20-5-;. The van der Waals surface area contributed by atoms with Crippen molar-refractivity contribution < 1.29 is 14.3 Å². The van der Waals surface area contributed by atoms with Crippen LogP contribution in [-0.4, -0.2) is 58.9 Å². The Kier molecular flexibility index (Phi) is 13.8. The number of thioether (sulfide) groups is 3. The fraction of sp³-hybridized carbons (Fsp3) is 0.370. The van der Waals surface area contributed by atoms with Gasteiger partial charge in [0.05, 0.1) is 22.3 Å². The Labute approximate surface area is 232 Å². The number of aliphatic imine (C=N–C) groups is 2. The van der Waals surface area contributed by atoms with Crippen LogP contribution in [0.15, 0.2) is 69.1 Å². The van der Waals surface area contributed by atoms with Crippen molar-refractivity contribution in [3.8, 4) is 0 Å². The summed E-state index contributed by atoms with van der Waals surface area (Å²) in [6, 6.07) is 12.5. The first kappa shape index (κ1) is 31.0. The minimum Gasteiger partial charge on any atom is -0.400 e. The molecule has 200 valence electrons. The molecule has 1 unspecified atom stereocenters. The van der Waals surface area contributed by atoms with Gasteiger partial charge < -0.3 is 20.5 Å². The zero-order valence-corrected chi connectivity index (χ0v) is 23.9. The summed E-state index contributed by atoms with van der Waals surface area (Å²) in [6.07, 6.45) is 4.42. The smallest absolute Gasteiger partial charge is 0.148 e. The molecule has 3 N–H and O–H groups in total. The molecule has 1 atom stereocenters. The zero-order valence-electron chi connectivity index (χ0n) is 21.5. The van der Waals surface area contributed by atoms with Crippen LogP contribution in [0.5, 0.6) is 0 Å². The van der Waals surface area contributed by atoms with Crippen molar-refractivity contribution in [1.82, 2.24) is 0 Å². The topological polar surface area (TPSA) is 86.1 Å². The largest absolute Gasteiger partial charge is 0.400 e. The number of benzene rings is 2. The molecule has 0 fully saturated rings. The molecular weight excluding hydrogens is 528 g/mol. The number of allylic oxidation sites excluding steroid dienone is 1. The van der Waals surface area contributed by atoms with Crippen molar-refractivity contribution in [2.45, 2.75) is 37.1 Å². The summed E-state index contributed by atoms with van der Waals surface area (Å²) in [5.41, 5.74) is 2.50. The number of anilines is 2. The quantitative estimate of drug-likeness (QED) is 0.0762. The number of hydrogen-bond donors (Lipinski definition) is 3. The lowest BCUT2D eigenvalue weighted by Crippen LogP contribution is -2.31. The lowest BCUT2D eigenvalue weighted by atomic mass is 9.98. The van der Waals surface area contributed by atoms with Crippen LogP contribution >= 0.6 is 35.3 Å². The molecule has 0 saturated carbocycles. The number of rotatable bonds is 14. The number of nitrogens with one attached hydrogen (secondary N) is 2. The summed E-state index contributed by atoms with van der Waals surface area (Å²) < 4.78 is 13.5. The predicted molar refractivity (Wildman–Crippen MR) is 163 cm³/mol. The third kappa shape index (κ3) is 9.85. The molecule has 3 rings (SSSR count). The molecule has 1 heterocycles. The maximum atomic E-state index is 13.5. The van der Waals surface area contributed by atoms with E-state index < -0.39 is 5.54 Å². The van der Waals surface area contributed by atoms with Gasteiger partial charge in [-0.1, -0.05) is 19.1 Å². The van der Waals surface area contributed by atoms with Crippen molar-refractivity contribution in [3.05, 3.63) is 60.1 Å². The second-order valence-corrected chi connectivity index (χ2v) is 11.2. The molecule has 0 amide bonds. The van der Waals surface area contributed by atoms with Gasteiger partial charge in [0.15, 0.2) is 0 Å². The molecule has 0 aliphatic carbocycles. The fourth-order valence-electron chi connectivity index (χ4n) is 3.46.